The first-order valence-electron chi connectivity index (χ1n) is 5.79. The fourth-order valence-electron chi connectivity index (χ4n) is 1.60. The van der Waals surface area contributed by atoms with E-state index in [0.29, 0.717) is 11.2 Å². The van der Waals surface area contributed by atoms with E-state index in [2.05, 4.69) is 10.3 Å². The summed E-state index contributed by atoms with van der Waals surface area (Å²) in [4.78, 5) is 27.0. The number of carboxylic acid groups (broad SMARTS) is 1. The number of aliphatic carboxylic acids is 1. The molecule has 6 heteroatoms. The predicted octanol–water partition coefficient (Wildman–Crippen LogP) is 1.36. The van der Waals surface area contributed by atoms with Gasteiger partial charge in [-0.05, 0) is 13.0 Å². The Balaban J connectivity index is 2.16. The Bertz CT molecular complexity index is 662. The van der Waals surface area contributed by atoms with Crippen LogP contribution >= 0.6 is 11.3 Å². The monoisotopic (exact) mass is 287 g/mol. The van der Waals surface area contributed by atoms with Gasteiger partial charge in [0, 0.05) is 16.5 Å². The van der Waals surface area contributed by atoms with Crippen molar-refractivity contribution in [2.75, 3.05) is 5.32 Å². The van der Waals surface area contributed by atoms with E-state index in [1.54, 1.807) is 0 Å². The molecule has 0 atom stereocenters. The molecule has 5 nitrogen and oxygen atoms in total. The lowest BCUT2D eigenvalue weighted by molar-refractivity contribution is -0.297. The highest BCUT2D eigenvalue weighted by Gasteiger charge is 2.10. The van der Waals surface area contributed by atoms with Crippen LogP contribution in [0.1, 0.15) is 4.88 Å². The molecule has 0 saturated carbocycles. The van der Waals surface area contributed by atoms with Crippen LogP contribution in [0.5, 0.6) is 0 Å². The molecule has 0 aliphatic carbocycles. The fourth-order valence-corrected chi connectivity index (χ4v) is 2.44. The Morgan fingerprint density at radius 3 is 2.60 bits per heavy atom. The standard InChI is InChI=1S/C14H12N2O3S/c1-9-13(10-5-3-2-4-6-10)16-14(20-9)15-11(17)7-8-12(18)19/h2-8H,1H3,(H,18,19)(H,15,16,17)/p-1. The predicted molar refractivity (Wildman–Crippen MR) is 75.1 cm³/mol. The molecule has 0 unspecified atom stereocenters. The third-order valence-electron chi connectivity index (χ3n) is 2.44. The Morgan fingerprint density at radius 1 is 1.25 bits per heavy atom. The van der Waals surface area contributed by atoms with Crippen LogP contribution in [0.15, 0.2) is 42.5 Å². The van der Waals surface area contributed by atoms with Crippen LogP contribution in [0.25, 0.3) is 11.3 Å². The quantitative estimate of drug-likeness (QED) is 0.861. The number of aromatic nitrogens is 1. The first-order valence-corrected chi connectivity index (χ1v) is 6.61. The highest BCUT2D eigenvalue weighted by Crippen LogP contribution is 2.30. The lowest BCUT2D eigenvalue weighted by Crippen LogP contribution is -2.20. The van der Waals surface area contributed by atoms with Crippen LogP contribution in [0.4, 0.5) is 5.13 Å². The molecule has 0 bridgehead atoms. The van der Waals surface area contributed by atoms with E-state index >= 15 is 0 Å². The minimum absolute atomic E-state index is 0.425. The number of benzene rings is 1. The molecule has 1 heterocycles. The number of nitrogens with zero attached hydrogens (tertiary/aromatic N) is 1. The van der Waals surface area contributed by atoms with Crippen molar-refractivity contribution in [1.82, 2.24) is 4.98 Å². The van der Waals surface area contributed by atoms with E-state index in [-0.39, 0.29) is 0 Å². The second kappa shape index (κ2) is 6.12. The Morgan fingerprint density at radius 2 is 1.95 bits per heavy atom. The van der Waals surface area contributed by atoms with Gasteiger partial charge in [0.25, 0.3) is 0 Å². The molecule has 2 rings (SSSR count). The zero-order valence-electron chi connectivity index (χ0n) is 10.6. The minimum atomic E-state index is -1.42. The summed E-state index contributed by atoms with van der Waals surface area (Å²) in [6.45, 7) is 1.91. The lowest BCUT2D eigenvalue weighted by atomic mass is 10.1. The molecule has 20 heavy (non-hydrogen) atoms. The van der Waals surface area contributed by atoms with Gasteiger partial charge in [0.2, 0.25) is 5.91 Å². The molecule has 1 aromatic heterocycles. The number of carboxylic acids is 1. The summed E-state index contributed by atoms with van der Waals surface area (Å²) >= 11 is 1.33. The third-order valence-corrected chi connectivity index (χ3v) is 3.33. The van der Waals surface area contributed by atoms with Crippen LogP contribution in [0.2, 0.25) is 0 Å². The summed E-state index contributed by atoms with van der Waals surface area (Å²) in [5.74, 6) is -1.97. The molecular formula is C14H11N2O3S-. The number of hydrogen-bond acceptors (Lipinski definition) is 5. The van der Waals surface area contributed by atoms with E-state index in [1.807, 2.05) is 37.3 Å². The normalized spacial score (nSPS) is 10.7. The van der Waals surface area contributed by atoms with Crippen LogP contribution in [-0.4, -0.2) is 16.9 Å². The maximum atomic E-state index is 11.5. The van der Waals surface area contributed by atoms with Gasteiger partial charge >= 0.3 is 0 Å². The lowest BCUT2D eigenvalue weighted by Gasteiger charge is -1.97. The average Bonchev–Trinajstić information content (AvgIpc) is 2.78. The van der Waals surface area contributed by atoms with Crippen molar-refractivity contribution in [2.45, 2.75) is 6.92 Å². The molecule has 102 valence electrons. The van der Waals surface area contributed by atoms with E-state index < -0.39 is 11.9 Å². The fraction of sp³-hybridized carbons (Fsp3) is 0.0714. The number of amides is 1. The molecule has 1 aromatic carbocycles. The number of rotatable bonds is 4. The van der Waals surface area contributed by atoms with Gasteiger partial charge in [0.1, 0.15) is 0 Å². The summed E-state index contributed by atoms with van der Waals surface area (Å²) in [6, 6.07) is 9.61. The van der Waals surface area contributed by atoms with Crippen molar-refractivity contribution in [3.63, 3.8) is 0 Å². The summed E-state index contributed by atoms with van der Waals surface area (Å²) in [7, 11) is 0. The summed E-state index contributed by atoms with van der Waals surface area (Å²) in [6.07, 6.45) is 1.57. The number of aryl methyl sites for hydroxylation is 1. The van der Waals surface area contributed by atoms with E-state index in [1.165, 1.54) is 11.3 Å². The van der Waals surface area contributed by atoms with E-state index in [0.717, 1.165) is 22.2 Å². The first-order chi connectivity index (χ1) is 9.56. The number of anilines is 1. The number of carbonyl (C=O) groups is 2. The van der Waals surface area contributed by atoms with Gasteiger partial charge in [-0.2, -0.15) is 0 Å². The van der Waals surface area contributed by atoms with Gasteiger partial charge in [-0.1, -0.05) is 30.3 Å². The van der Waals surface area contributed by atoms with Gasteiger partial charge in [-0.15, -0.1) is 11.3 Å². The third kappa shape index (κ3) is 3.52. The second-order valence-electron chi connectivity index (χ2n) is 3.93. The highest BCUT2D eigenvalue weighted by molar-refractivity contribution is 7.16. The Kier molecular flexibility index (Phi) is 4.27. The van der Waals surface area contributed by atoms with Crippen LogP contribution in [0, 0.1) is 6.92 Å². The number of thiazole rings is 1. The summed E-state index contributed by atoms with van der Waals surface area (Å²) < 4.78 is 0. The minimum Gasteiger partial charge on any atom is -0.545 e. The maximum absolute atomic E-state index is 11.5. The summed E-state index contributed by atoms with van der Waals surface area (Å²) in [5, 5.41) is 13.2. The summed E-state index contributed by atoms with van der Waals surface area (Å²) in [5.41, 5.74) is 1.77. The molecular weight excluding hydrogens is 276 g/mol. The van der Waals surface area contributed by atoms with Crippen molar-refractivity contribution in [1.29, 1.82) is 0 Å². The molecule has 0 saturated heterocycles. The zero-order valence-corrected chi connectivity index (χ0v) is 11.4. The second-order valence-corrected chi connectivity index (χ2v) is 5.13. The van der Waals surface area contributed by atoms with Crippen LogP contribution < -0.4 is 10.4 Å². The van der Waals surface area contributed by atoms with E-state index in [9.17, 15) is 14.7 Å². The molecule has 0 fully saturated rings. The molecule has 2 aromatic rings. The van der Waals surface area contributed by atoms with Crippen molar-refractivity contribution >= 4 is 28.3 Å². The van der Waals surface area contributed by atoms with Crippen LogP contribution in [-0.2, 0) is 9.59 Å². The Labute approximate surface area is 119 Å². The molecule has 0 spiro atoms. The van der Waals surface area contributed by atoms with Gasteiger partial charge in [-0.3, -0.25) is 10.1 Å². The number of hydrogen-bond donors (Lipinski definition) is 1. The van der Waals surface area contributed by atoms with Crippen LogP contribution in [0.3, 0.4) is 0 Å². The van der Waals surface area contributed by atoms with Crippen molar-refractivity contribution in [2.24, 2.45) is 0 Å². The molecule has 0 aliphatic heterocycles. The van der Waals surface area contributed by atoms with Gasteiger partial charge < -0.3 is 9.90 Å². The van der Waals surface area contributed by atoms with Gasteiger partial charge in [0.05, 0.1) is 11.7 Å². The van der Waals surface area contributed by atoms with Crippen molar-refractivity contribution in [3.05, 3.63) is 47.4 Å². The molecule has 1 amide bonds. The van der Waals surface area contributed by atoms with Gasteiger partial charge in [-0.25, -0.2) is 4.98 Å². The highest BCUT2D eigenvalue weighted by atomic mass is 32.1. The maximum Gasteiger partial charge on any atom is 0.250 e. The largest absolute Gasteiger partial charge is 0.545 e. The molecule has 0 radical (unpaired) electrons. The molecule has 0 aliphatic rings. The SMILES string of the molecule is Cc1sc(NC(=O)C=CC(=O)[O-])nc1-c1ccccc1. The average molecular weight is 287 g/mol. The molecule has 1 N–H and O–H groups in total. The van der Waals surface area contributed by atoms with E-state index in [4.69, 9.17) is 0 Å². The number of nitrogens with one attached hydrogen (secondary N) is 1. The smallest absolute Gasteiger partial charge is 0.250 e. The zero-order chi connectivity index (χ0) is 14.5. The van der Waals surface area contributed by atoms with Crippen molar-refractivity contribution < 1.29 is 14.7 Å². The topological polar surface area (TPSA) is 82.1 Å². The number of carbonyl (C=O) groups excluding carboxylic acids is 2. The first kappa shape index (κ1) is 14.0. The van der Waals surface area contributed by atoms with Crippen molar-refractivity contribution in [3.8, 4) is 11.3 Å². The van der Waals surface area contributed by atoms with Gasteiger partial charge in [0.15, 0.2) is 5.13 Å². The Hall–Kier alpha value is -2.47.